The molecule has 84 valence electrons. The highest BCUT2D eigenvalue weighted by Crippen LogP contribution is 2.22. The van der Waals surface area contributed by atoms with Gasteiger partial charge >= 0.3 is 0 Å². The van der Waals surface area contributed by atoms with E-state index in [-0.39, 0.29) is 0 Å². The number of likely N-dealkylation sites (N-methyl/N-ethyl adjacent to an activating group) is 1. The van der Waals surface area contributed by atoms with Crippen LogP contribution in [0.1, 0.15) is 6.92 Å². The number of aliphatic hydroxyl groups excluding tert-OH is 1. The molecule has 0 bridgehead atoms. The molecule has 0 aliphatic carbocycles. The van der Waals surface area contributed by atoms with Gasteiger partial charge in [-0.3, -0.25) is 0 Å². The first kappa shape index (κ1) is 11.6. The predicted octanol–water partition coefficient (Wildman–Crippen LogP) is 0.489. The molecule has 1 unspecified atom stereocenters. The van der Waals surface area contributed by atoms with Crippen LogP contribution in [0.25, 0.3) is 0 Å². The van der Waals surface area contributed by atoms with Crippen molar-refractivity contribution in [2.24, 2.45) is 0 Å². The van der Waals surface area contributed by atoms with Gasteiger partial charge in [-0.2, -0.15) is 4.98 Å². The number of methoxy groups -OCH3 is 1. The van der Waals surface area contributed by atoms with Gasteiger partial charge in [0, 0.05) is 19.7 Å². The van der Waals surface area contributed by atoms with Gasteiger partial charge in [0.25, 0.3) is 0 Å². The minimum Gasteiger partial charge on any atom is -0.481 e. The number of hydrogen-bond donors (Lipinski definition) is 2. The molecule has 5 nitrogen and oxygen atoms in total. The molecule has 0 aliphatic heterocycles. The largest absolute Gasteiger partial charge is 0.481 e. The summed E-state index contributed by atoms with van der Waals surface area (Å²) >= 11 is 0. The zero-order chi connectivity index (χ0) is 11.4. The van der Waals surface area contributed by atoms with Crippen molar-refractivity contribution in [3.8, 4) is 5.88 Å². The van der Waals surface area contributed by atoms with Crippen molar-refractivity contribution < 1.29 is 9.84 Å². The standard InChI is InChI=1S/C10H17N3O2/c1-7(14)6-13(2)10-8(11)4-5-9(12-10)15-3/h4-5,7,14H,6,11H2,1-3H3. The van der Waals surface area contributed by atoms with Crippen LogP contribution in [0.5, 0.6) is 5.88 Å². The van der Waals surface area contributed by atoms with Crippen LogP contribution < -0.4 is 15.4 Å². The molecule has 1 rings (SSSR count). The third-order valence-electron chi connectivity index (χ3n) is 1.99. The minimum atomic E-state index is -0.428. The Balaban J connectivity index is 2.91. The fourth-order valence-corrected chi connectivity index (χ4v) is 1.34. The lowest BCUT2D eigenvalue weighted by molar-refractivity contribution is 0.201. The van der Waals surface area contributed by atoms with Gasteiger partial charge in [0.1, 0.15) is 0 Å². The molecule has 0 radical (unpaired) electrons. The maximum absolute atomic E-state index is 9.26. The summed E-state index contributed by atoms with van der Waals surface area (Å²) in [7, 11) is 3.38. The van der Waals surface area contributed by atoms with Crippen LogP contribution in [0, 0.1) is 0 Å². The predicted molar refractivity (Wildman–Crippen MR) is 60.2 cm³/mol. The van der Waals surface area contributed by atoms with Gasteiger partial charge in [0.2, 0.25) is 5.88 Å². The third-order valence-corrected chi connectivity index (χ3v) is 1.99. The molecule has 1 aromatic heterocycles. The van der Waals surface area contributed by atoms with Crippen LogP contribution in [0.15, 0.2) is 12.1 Å². The first-order chi connectivity index (χ1) is 7.04. The van der Waals surface area contributed by atoms with Crippen LogP contribution in [0.4, 0.5) is 11.5 Å². The van der Waals surface area contributed by atoms with E-state index >= 15 is 0 Å². The summed E-state index contributed by atoms with van der Waals surface area (Å²) in [5.41, 5.74) is 6.35. The Morgan fingerprint density at radius 1 is 1.60 bits per heavy atom. The molecule has 0 saturated heterocycles. The number of rotatable bonds is 4. The van der Waals surface area contributed by atoms with E-state index in [9.17, 15) is 5.11 Å². The summed E-state index contributed by atoms with van der Waals surface area (Å²) in [5, 5.41) is 9.26. The van der Waals surface area contributed by atoms with Gasteiger partial charge in [0.15, 0.2) is 5.82 Å². The molecular weight excluding hydrogens is 194 g/mol. The van der Waals surface area contributed by atoms with Gasteiger partial charge < -0.3 is 20.5 Å². The Morgan fingerprint density at radius 3 is 2.80 bits per heavy atom. The average Bonchev–Trinajstić information content (AvgIpc) is 2.17. The number of aliphatic hydroxyl groups is 1. The van der Waals surface area contributed by atoms with Crippen LogP contribution in [0.2, 0.25) is 0 Å². The van der Waals surface area contributed by atoms with Crippen molar-refractivity contribution in [3.63, 3.8) is 0 Å². The second kappa shape index (κ2) is 4.84. The SMILES string of the molecule is COc1ccc(N)c(N(C)CC(C)O)n1. The van der Waals surface area contributed by atoms with Crippen LogP contribution >= 0.6 is 0 Å². The molecule has 3 N–H and O–H groups in total. The summed E-state index contributed by atoms with van der Waals surface area (Å²) in [6.45, 7) is 2.19. The summed E-state index contributed by atoms with van der Waals surface area (Å²) in [4.78, 5) is 6.01. The van der Waals surface area contributed by atoms with E-state index in [1.807, 2.05) is 7.05 Å². The highest BCUT2D eigenvalue weighted by molar-refractivity contribution is 5.63. The zero-order valence-corrected chi connectivity index (χ0v) is 9.27. The zero-order valence-electron chi connectivity index (χ0n) is 9.27. The van der Waals surface area contributed by atoms with Crippen LogP contribution in [-0.2, 0) is 0 Å². The van der Waals surface area contributed by atoms with Gasteiger partial charge in [-0.25, -0.2) is 0 Å². The second-order valence-electron chi connectivity index (χ2n) is 3.50. The fraction of sp³-hybridized carbons (Fsp3) is 0.500. The van der Waals surface area contributed by atoms with Gasteiger partial charge in [-0.15, -0.1) is 0 Å². The lowest BCUT2D eigenvalue weighted by Gasteiger charge is -2.21. The van der Waals surface area contributed by atoms with Crippen molar-refractivity contribution in [2.75, 3.05) is 31.3 Å². The summed E-state index contributed by atoms with van der Waals surface area (Å²) in [6.07, 6.45) is -0.428. The van der Waals surface area contributed by atoms with E-state index < -0.39 is 6.10 Å². The van der Waals surface area contributed by atoms with Gasteiger partial charge in [-0.05, 0) is 13.0 Å². The van der Waals surface area contributed by atoms with E-state index in [2.05, 4.69) is 4.98 Å². The highest BCUT2D eigenvalue weighted by Gasteiger charge is 2.10. The first-order valence-electron chi connectivity index (χ1n) is 4.74. The molecule has 1 atom stereocenters. The number of nitrogen functional groups attached to an aromatic ring is 1. The molecule has 0 saturated carbocycles. The van der Waals surface area contributed by atoms with E-state index in [1.165, 1.54) is 0 Å². The fourth-order valence-electron chi connectivity index (χ4n) is 1.34. The lowest BCUT2D eigenvalue weighted by Crippen LogP contribution is -2.28. The number of anilines is 2. The Labute approximate surface area is 89.5 Å². The maximum atomic E-state index is 9.26. The number of nitrogens with zero attached hydrogens (tertiary/aromatic N) is 2. The van der Waals surface area contributed by atoms with Crippen molar-refractivity contribution in [1.29, 1.82) is 0 Å². The van der Waals surface area contributed by atoms with E-state index in [1.54, 1.807) is 31.1 Å². The van der Waals surface area contributed by atoms with Crippen LogP contribution in [-0.4, -0.2) is 36.9 Å². The smallest absolute Gasteiger partial charge is 0.215 e. The monoisotopic (exact) mass is 211 g/mol. The third kappa shape index (κ3) is 2.99. The van der Waals surface area contributed by atoms with Crippen molar-refractivity contribution >= 4 is 11.5 Å². The Morgan fingerprint density at radius 2 is 2.27 bits per heavy atom. The quantitative estimate of drug-likeness (QED) is 0.758. The lowest BCUT2D eigenvalue weighted by atomic mass is 10.3. The van der Waals surface area contributed by atoms with E-state index in [0.717, 1.165) is 0 Å². The minimum absolute atomic E-state index is 0.428. The number of ether oxygens (including phenoxy) is 1. The molecule has 15 heavy (non-hydrogen) atoms. The average molecular weight is 211 g/mol. The normalized spacial score (nSPS) is 12.3. The second-order valence-corrected chi connectivity index (χ2v) is 3.50. The molecule has 1 heterocycles. The molecule has 0 aromatic carbocycles. The number of aromatic nitrogens is 1. The maximum Gasteiger partial charge on any atom is 0.215 e. The van der Waals surface area contributed by atoms with Crippen molar-refractivity contribution in [1.82, 2.24) is 4.98 Å². The molecule has 0 aliphatic rings. The number of nitrogens with two attached hydrogens (primary N) is 1. The Kier molecular flexibility index (Phi) is 3.74. The number of hydrogen-bond acceptors (Lipinski definition) is 5. The molecule has 0 spiro atoms. The van der Waals surface area contributed by atoms with Crippen LogP contribution in [0.3, 0.4) is 0 Å². The molecule has 1 aromatic rings. The first-order valence-corrected chi connectivity index (χ1v) is 4.74. The summed E-state index contributed by atoms with van der Waals surface area (Å²) in [5.74, 6) is 1.13. The molecule has 0 fully saturated rings. The van der Waals surface area contributed by atoms with Gasteiger partial charge in [0.05, 0.1) is 18.9 Å². The summed E-state index contributed by atoms with van der Waals surface area (Å²) < 4.78 is 5.01. The molecular formula is C10H17N3O2. The highest BCUT2D eigenvalue weighted by atomic mass is 16.5. The van der Waals surface area contributed by atoms with E-state index in [4.69, 9.17) is 10.5 Å². The van der Waals surface area contributed by atoms with Crippen molar-refractivity contribution in [3.05, 3.63) is 12.1 Å². The Bertz CT molecular complexity index is 328. The van der Waals surface area contributed by atoms with Gasteiger partial charge in [-0.1, -0.05) is 0 Å². The number of pyridine rings is 1. The Hall–Kier alpha value is -1.49. The van der Waals surface area contributed by atoms with Crippen molar-refractivity contribution in [2.45, 2.75) is 13.0 Å². The topological polar surface area (TPSA) is 71.6 Å². The summed E-state index contributed by atoms with van der Waals surface area (Å²) in [6, 6.07) is 3.44. The molecule has 0 amide bonds. The van der Waals surface area contributed by atoms with E-state index in [0.29, 0.717) is 23.9 Å². The molecule has 5 heteroatoms.